The van der Waals surface area contributed by atoms with Crippen LogP contribution in [-0.2, 0) is 0 Å². The first kappa shape index (κ1) is 6.12. The Kier molecular flexibility index (Phi) is 2.12. The maximum absolute atomic E-state index is 3.00. The molecular weight excluding hydrogens is 108 g/mol. The Morgan fingerprint density at radius 3 is 3.22 bits per heavy atom. The molecule has 0 aromatic carbocycles. The molecule has 0 aromatic rings. The van der Waals surface area contributed by atoms with Gasteiger partial charge in [0.05, 0.1) is 0 Å². The van der Waals surface area contributed by atoms with Crippen LogP contribution >= 0.6 is 0 Å². The molecule has 0 unspecified atom stereocenters. The standard InChI is InChI=1S/C9H10/c1-9-7-5-3-2-4-6-8-9/h2-3,5-6,8H,7H2,1H3/b5-3?,9-8-. The minimum atomic E-state index is 1.06. The number of rotatable bonds is 0. The van der Waals surface area contributed by atoms with E-state index in [1.807, 2.05) is 18.2 Å². The second-order valence-electron chi connectivity index (χ2n) is 2.15. The van der Waals surface area contributed by atoms with Crippen molar-refractivity contribution in [2.45, 2.75) is 13.3 Å². The maximum atomic E-state index is 3.00. The van der Waals surface area contributed by atoms with E-state index < -0.39 is 0 Å². The predicted octanol–water partition coefficient (Wildman–Crippen LogP) is 2.60. The Morgan fingerprint density at radius 1 is 1.44 bits per heavy atom. The molecule has 0 N–H and O–H groups in total. The van der Waals surface area contributed by atoms with Crippen molar-refractivity contribution in [2.75, 3.05) is 0 Å². The minimum absolute atomic E-state index is 1.06. The fourth-order valence-electron chi connectivity index (χ4n) is 0.691. The van der Waals surface area contributed by atoms with E-state index in [1.165, 1.54) is 5.57 Å². The van der Waals surface area contributed by atoms with Gasteiger partial charge in [0.2, 0.25) is 0 Å². The molecule has 0 bridgehead atoms. The van der Waals surface area contributed by atoms with Gasteiger partial charge in [-0.2, -0.15) is 0 Å². The van der Waals surface area contributed by atoms with E-state index in [2.05, 4.69) is 24.8 Å². The molecule has 0 aliphatic heterocycles. The van der Waals surface area contributed by atoms with Gasteiger partial charge in [-0.3, -0.25) is 0 Å². The Morgan fingerprint density at radius 2 is 2.33 bits per heavy atom. The van der Waals surface area contributed by atoms with Gasteiger partial charge in [-0.1, -0.05) is 23.8 Å². The lowest BCUT2D eigenvalue weighted by atomic mass is 10.2. The molecule has 0 spiro atoms. The molecule has 46 valence electrons. The maximum Gasteiger partial charge on any atom is -0.0135 e. The molecule has 0 amide bonds. The summed E-state index contributed by atoms with van der Waals surface area (Å²) in [6.45, 7) is 2.12. The predicted molar refractivity (Wildman–Crippen MR) is 40.2 cm³/mol. The SMILES string of the molecule is C/C1=C/C=C=CC=CC1. The molecule has 0 radical (unpaired) electrons. The summed E-state index contributed by atoms with van der Waals surface area (Å²) in [5, 5.41) is 0. The summed E-state index contributed by atoms with van der Waals surface area (Å²) in [4.78, 5) is 0. The minimum Gasteiger partial charge on any atom is -0.121 e. The molecular formula is C9H10. The quantitative estimate of drug-likeness (QED) is 0.429. The zero-order chi connectivity index (χ0) is 6.53. The van der Waals surface area contributed by atoms with Gasteiger partial charge < -0.3 is 0 Å². The lowest BCUT2D eigenvalue weighted by Gasteiger charge is -1.91. The Balaban J connectivity index is 2.81. The van der Waals surface area contributed by atoms with Crippen molar-refractivity contribution < 1.29 is 0 Å². The van der Waals surface area contributed by atoms with Crippen LogP contribution in [0.4, 0.5) is 0 Å². The van der Waals surface area contributed by atoms with Crippen LogP contribution in [0.25, 0.3) is 0 Å². The van der Waals surface area contributed by atoms with Crippen LogP contribution in [0.2, 0.25) is 0 Å². The van der Waals surface area contributed by atoms with Gasteiger partial charge in [-0.25, -0.2) is 0 Å². The molecule has 0 saturated heterocycles. The second-order valence-corrected chi connectivity index (χ2v) is 2.15. The summed E-state index contributed by atoms with van der Waals surface area (Å²) in [6, 6.07) is 0. The van der Waals surface area contributed by atoms with Gasteiger partial charge in [0.15, 0.2) is 0 Å². The van der Waals surface area contributed by atoms with E-state index in [9.17, 15) is 0 Å². The van der Waals surface area contributed by atoms with Crippen LogP contribution < -0.4 is 0 Å². The summed E-state index contributed by atoms with van der Waals surface area (Å²) in [5.74, 6) is 0. The van der Waals surface area contributed by atoms with E-state index in [1.54, 1.807) is 0 Å². The van der Waals surface area contributed by atoms with Crippen molar-refractivity contribution in [3.05, 3.63) is 41.7 Å². The van der Waals surface area contributed by atoms with E-state index in [-0.39, 0.29) is 0 Å². The smallest absolute Gasteiger partial charge is 0.0135 e. The van der Waals surface area contributed by atoms with Crippen LogP contribution in [0.5, 0.6) is 0 Å². The molecule has 1 rings (SSSR count). The van der Waals surface area contributed by atoms with Crippen molar-refractivity contribution in [1.29, 1.82) is 0 Å². The molecule has 1 aliphatic rings. The fourth-order valence-corrected chi connectivity index (χ4v) is 0.691. The van der Waals surface area contributed by atoms with Crippen molar-refractivity contribution in [2.24, 2.45) is 0 Å². The van der Waals surface area contributed by atoms with Gasteiger partial charge in [0, 0.05) is 0 Å². The zero-order valence-electron chi connectivity index (χ0n) is 5.59. The highest BCUT2D eigenvalue weighted by molar-refractivity contribution is 5.18. The molecule has 0 saturated carbocycles. The summed E-state index contributed by atoms with van der Waals surface area (Å²) >= 11 is 0. The third-order valence-electron chi connectivity index (χ3n) is 1.23. The van der Waals surface area contributed by atoms with E-state index >= 15 is 0 Å². The third kappa shape index (κ3) is 2.16. The second kappa shape index (κ2) is 3.11. The number of hydrogen-bond donors (Lipinski definition) is 0. The van der Waals surface area contributed by atoms with Crippen LogP contribution in [0.1, 0.15) is 13.3 Å². The first-order chi connectivity index (χ1) is 4.39. The van der Waals surface area contributed by atoms with Crippen molar-refractivity contribution >= 4 is 0 Å². The van der Waals surface area contributed by atoms with E-state index in [0.29, 0.717) is 0 Å². The lowest BCUT2D eigenvalue weighted by molar-refractivity contribution is 1.21. The average Bonchev–Trinajstić information content (AvgIpc) is 1.79. The molecule has 9 heavy (non-hydrogen) atoms. The van der Waals surface area contributed by atoms with E-state index in [0.717, 1.165) is 6.42 Å². The molecule has 0 heteroatoms. The molecule has 0 heterocycles. The molecule has 1 aliphatic carbocycles. The molecule has 0 aromatic heterocycles. The monoisotopic (exact) mass is 118 g/mol. The normalized spacial score (nSPS) is 22.6. The number of allylic oxidation sites excluding steroid dienone is 5. The summed E-state index contributed by atoms with van der Waals surface area (Å²) in [7, 11) is 0. The third-order valence-corrected chi connectivity index (χ3v) is 1.23. The number of hydrogen-bond acceptors (Lipinski definition) is 0. The topological polar surface area (TPSA) is 0 Å². The van der Waals surface area contributed by atoms with Gasteiger partial charge in [0.1, 0.15) is 0 Å². The summed E-state index contributed by atoms with van der Waals surface area (Å²) < 4.78 is 0. The summed E-state index contributed by atoms with van der Waals surface area (Å²) in [6.07, 6.45) is 11.2. The fraction of sp³-hybridized carbons (Fsp3) is 0.222. The average molecular weight is 118 g/mol. The zero-order valence-corrected chi connectivity index (χ0v) is 5.59. The largest absolute Gasteiger partial charge is 0.121 e. The highest BCUT2D eigenvalue weighted by Crippen LogP contribution is 2.02. The Bertz CT molecular complexity index is 198. The van der Waals surface area contributed by atoms with Crippen LogP contribution in [0.3, 0.4) is 0 Å². The Hall–Kier alpha value is -1.00. The first-order valence-corrected chi connectivity index (χ1v) is 3.13. The molecule has 0 atom stereocenters. The van der Waals surface area contributed by atoms with Crippen molar-refractivity contribution in [3.8, 4) is 0 Å². The van der Waals surface area contributed by atoms with Gasteiger partial charge in [-0.15, -0.1) is 5.73 Å². The Labute approximate surface area is 55.9 Å². The molecule has 0 fully saturated rings. The highest BCUT2D eigenvalue weighted by Gasteiger charge is 1.81. The van der Waals surface area contributed by atoms with Crippen LogP contribution in [0, 0.1) is 0 Å². The lowest BCUT2D eigenvalue weighted by Crippen LogP contribution is -1.71. The van der Waals surface area contributed by atoms with Crippen molar-refractivity contribution in [1.82, 2.24) is 0 Å². The van der Waals surface area contributed by atoms with Gasteiger partial charge in [-0.05, 0) is 25.5 Å². The van der Waals surface area contributed by atoms with Gasteiger partial charge in [0.25, 0.3) is 0 Å². The van der Waals surface area contributed by atoms with Gasteiger partial charge >= 0.3 is 0 Å². The first-order valence-electron chi connectivity index (χ1n) is 3.13. The van der Waals surface area contributed by atoms with Crippen molar-refractivity contribution in [3.63, 3.8) is 0 Å². The summed E-state index contributed by atoms with van der Waals surface area (Å²) in [5.41, 5.74) is 4.39. The highest BCUT2D eigenvalue weighted by atomic mass is 13.9. The van der Waals surface area contributed by atoms with Crippen LogP contribution in [0.15, 0.2) is 41.7 Å². The molecule has 0 nitrogen and oxygen atoms in total. The van der Waals surface area contributed by atoms with E-state index in [4.69, 9.17) is 0 Å². The van der Waals surface area contributed by atoms with Crippen LogP contribution in [-0.4, -0.2) is 0 Å².